The fraction of sp³-hybridized carbons (Fsp3) is 0.154. The lowest BCUT2D eigenvalue weighted by molar-refractivity contribution is 0.101. The summed E-state index contributed by atoms with van der Waals surface area (Å²) in [4.78, 5) is 17.0. The minimum absolute atomic E-state index is 0.0153. The second-order valence-corrected chi connectivity index (χ2v) is 7.44. The summed E-state index contributed by atoms with van der Waals surface area (Å²) in [6.45, 7) is 3.92. The lowest BCUT2D eigenvalue weighted by atomic mass is 9.98. The molecule has 0 fully saturated rings. The topological polar surface area (TPSA) is 39.2 Å². The molecular weight excluding hydrogens is 377 g/mol. The third-order valence-electron chi connectivity index (χ3n) is 5.10. The number of carbonyl (C=O) groups is 1. The van der Waals surface area contributed by atoms with Crippen LogP contribution in [0.2, 0.25) is 0 Å². The number of benzene rings is 3. The number of aromatic nitrogens is 1. The van der Waals surface area contributed by atoms with Gasteiger partial charge in [0.25, 0.3) is 0 Å². The number of pyridine rings is 1. The van der Waals surface area contributed by atoms with Crippen LogP contribution in [-0.2, 0) is 13.0 Å². The van der Waals surface area contributed by atoms with Gasteiger partial charge in [0.1, 0.15) is 23.7 Å². The number of ether oxygens (including phenoxy) is 1. The van der Waals surface area contributed by atoms with Gasteiger partial charge in [-0.1, -0.05) is 42.5 Å². The molecule has 3 aromatic carbocycles. The number of ketones is 1. The Balaban J connectivity index is 1.73. The van der Waals surface area contributed by atoms with Gasteiger partial charge in [-0.3, -0.25) is 9.78 Å². The summed E-state index contributed by atoms with van der Waals surface area (Å²) < 4.78 is 19.3. The number of hydrogen-bond donors (Lipinski definition) is 0. The molecule has 0 aliphatic heterocycles. The van der Waals surface area contributed by atoms with E-state index in [0.29, 0.717) is 29.9 Å². The Morgan fingerprint density at radius 2 is 1.70 bits per heavy atom. The average Bonchev–Trinajstić information content (AvgIpc) is 2.75. The standard InChI is InChI=1S/C26H22FNO2/c1-17-12-23(18(2)29)24-14-21(13-19-8-10-22(27)11-9-19)15-28-25(24)26(17)30-16-20-6-4-3-5-7-20/h3-12,14-15H,13,16H2,1-2H3. The fourth-order valence-corrected chi connectivity index (χ4v) is 3.58. The average molecular weight is 399 g/mol. The van der Waals surface area contributed by atoms with Gasteiger partial charge in [-0.2, -0.15) is 0 Å². The molecule has 4 aromatic rings. The molecule has 1 aromatic heterocycles. The van der Waals surface area contributed by atoms with E-state index in [1.807, 2.05) is 49.4 Å². The normalized spacial score (nSPS) is 10.9. The summed E-state index contributed by atoms with van der Waals surface area (Å²) in [7, 11) is 0. The Kier molecular flexibility index (Phi) is 5.57. The van der Waals surface area contributed by atoms with Crippen molar-refractivity contribution < 1.29 is 13.9 Å². The van der Waals surface area contributed by atoms with Crippen LogP contribution in [-0.4, -0.2) is 10.8 Å². The molecular formula is C26H22FNO2. The Hall–Kier alpha value is -3.53. The fourth-order valence-electron chi connectivity index (χ4n) is 3.58. The van der Waals surface area contributed by atoms with Crippen LogP contribution < -0.4 is 4.74 Å². The first-order chi connectivity index (χ1) is 14.5. The van der Waals surface area contributed by atoms with Gasteiger partial charge in [0.15, 0.2) is 5.78 Å². The van der Waals surface area contributed by atoms with E-state index in [1.54, 1.807) is 25.3 Å². The Labute approximate surface area is 175 Å². The predicted molar refractivity (Wildman–Crippen MR) is 116 cm³/mol. The van der Waals surface area contributed by atoms with Gasteiger partial charge in [-0.25, -0.2) is 4.39 Å². The quantitative estimate of drug-likeness (QED) is 0.370. The maximum atomic E-state index is 13.2. The first-order valence-electron chi connectivity index (χ1n) is 9.85. The summed E-state index contributed by atoms with van der Waals surface area (Å²) in [6.07, 6.45) is 2.40. The molecule has 3 nitrogen and oxygen atoms in total. The number of nitrogens with zero attached hydrogens (tertiary/aromatic N) is 1. The van der Waals surface area contributed by atoms with Crippen LogP contribution in [0.1, 0.15) is 39.5 Å². The van der Waals surface area contributed by atoms with Gasteiger partial charge in [0.05, 0.1) is 0 Å². The van der Waals surface area contributed by atoms with E-state index >= 15 is 0 Å². The first-order valence-corrected chi connectivity index (χ1v) is 9.85. The molecule has 4 heteroatoms. The number of aryl methyl sites for hydroxylation is 1. The van der Waals surface area contributed by atoms with Crippen LogP contribution in [0.4, 0.5) is 4.39 Å². The molecule has 4 rings (SSSR count). The summed E-state index contributed by atoms with van der Waals surface area (Å²) in [5, 5.41) is 0.774. The highest BCUT2D eigenvalue weighted by molar-refractivity contribution is 6.08. The Morgan fingerprint density at radius 3 is 2.40 bits per heavy atom. The molecule has 0 unspecified atom stereocenters. The number of hydrogen-bond acceptors (Lipinski definition) is 3. The molecule has 30 heavy (non-hydrogen) atoms. The van der Waals surface area contributed by atoms with E-state index in [4.69, 9.17) is 4.74 Å². The number of halogens is 1. The smallest absolute Gasteiger partial charge is 0.160 e. The van der Waals surface area contributed by atoms with Crippen molar-refractivity contribution in [2.24, 2.45) is 0 Å². The zero-order chi connectivity index (χ0) is 21.1. The van der Waals surface area contributed by atoms with Gasteiger partial charge in [-0.05, 0) is 66.8 Å². The van der Waals surface area contributed by atoms with Gasteiger partial charge >= 0.3 is 0 Å². The largest absolute Gasteiger partial charge is 0.486 e. The zero-order valence-electron chi connectivity index (χ0n) is 17.0. The molecule has 0 N–H and O–H groups in total. The molecule has 0 bridgehead atoms. The number of carbonyl (C=O) groups excluding carboxylic acids is 1. The third-order valence-corrected chi connectivity index (χ3v) is 5.10. The molecule has 150 valence electrons. The molecule has 0 amide bonds. The summed E-state index contributed by atoms with van der Waals surface area (Å²) in [5.41, 5.74) is 5.18. The minimum Gasteiger partial charge on any atom is -0.486 e. The van der Waals surface area contributed by atoms with E-state index in [2.05, 4.69) is 4.98 Å². The van der Waals surface area contributed by atoms with Crippen molar-refractivity contribution in [2.75, 3.05) is 0 Å². The lowest BCUT2D eigenvalue weighted by Gasteiger charge is -2.15. The second kappa shape index (κ2) is 8.46. The molecule has 0 aliphatic carbocycles. The Bertz CT molecular complexity index is 1200. The third kappa shape index (κ3) is 4.23. The first kappa shape index (κ1) is 19.8. The van der Waals surface area contributed by atoms with Crippen LogP contribution in [0.5, 0.6) is 5.75 Å². The van der Waals surface area contributed by atoms with Crippen molar-refractivity contribution in [2.45, 2.75) is 26.9 Å². The van der Waals surface area contributed by atoms with Crippen molar-refractivity contribution >= 4 is 16.7 Å². The highest BCUT2D eigenvalue weighted by Crippen LogP contribution is 2.33. The maximum absolute atomic E-state index is 13.2. The summed E-state index contributed by atoms with van der Waals surface area (Å²) in [6, 6.07) is 20.2. The van der Waals surface area contributed by atoms with Crippen LogP contribution >= 0.6 is 0 Å². The van der Waals surface area contributed by atoms with Crippen molar-refractivity contribution in [3.05, 3.63) is 107 Å². The van der Waals surface area contributed by atoms with Gasteiger partial charge in [0.2, 0.25) is 0 Å². The number of rotatable bonds is 6. The van der Waals surface area contributed by atoms with Crippen LogP contribution in [0.15, 0.2) is 72.9 Å². The zero-order valence-corrected chi connectivity index (χ0v) is 17.0. The van der Waals surface area contributed by atoms with Crippen LogP contribution in [0.3, 0.4) is 0 Å². The van der Waals surface area contributed by atoms with E-state index in [9.17, 15) is 9.18 Å². The van der Waals surface area contributed by atoms with Crippen molar-refractivity contribution in [3.8, 4) is 5.75 Å². The molecule has 0 aliphatic rings. The lowest BCUT2D eigenvalue weighted by Crippen LogP contribution is -2.03. The van der Waals surface area contributed by atoms with E-state index in [1.165, 1.54) is 12.1 Å². The highest BCUT2D eigenvalue weighted by atomic mass is 19.1. The van der Waals surface area contributed by atoms with Crippen LogP contribution in [0.25, 0.3) is 10.9 Å². The van der Waals surface area contributed by atoms with Crippen molar-refractivity contribution in [1.29, 1.82) is 0 Å². The molecule has 0 atom stereocenters. The molecule has 1 heterocycles. The number of fused-ring (bicyclic) bond motifs is 1. The van der Waals surface area contributed by atoms with E-state index in [-0.39, 0.29) is 11.6 Å². The minimum atomic E-state index is -0.259. The van der Waals surface area contributed by atoms with Gasteiger partial charge in [-0.15, -0.1) is 0 Å². The molecule has 0 saturated carbocycles. The predicted octanol–water partition coefficient (Wildman–Crippen LogP) is 6.05. The molecule has 0 radical (unpaired) electrons. The summed E-state index contributed by atoms with van der Waals surface area (Å²) >= 11 is 0. The molecule has 0 saturated heterocycles. The van der Waals surface area contributed by atoms with Crippen molar-refractivity contribution in [1.82, 2.24) is 4.98 Å². The van der Waals surface area contributed by atoms with Crippen LogP contribution in [0, 0.1) is 12.7 Å². The maximum Gasteiger partial charge on any atom is 0.160 e. The monoisotopic (exact) mass is 399 g/mol. The van der Waals surface area contributed by atoms with E-state index in [0.717, 1.165) is 27.6 Å². The van der Waals surface area contributed by atoms with E-state index < -0.39 is 0 Å². The van der Waals surface area contributed by atoms with Gasteiger partial charge < -0.3 is 4.74 Å². The van der Waals surface area contributed by atoms with Gasteiger partial charge in [0, 0.05) is 17.1 Å². The SMILES string of the molecule is CC(=O)c1cc(C)c(OCc2ccccc2)c2ncc(Cc3ccc(F)cc3)cc12. The van der Waals surface area contributed by atoms with Crippen molar-refractivity contribution in [3.63, 3.8) is 0 Å². The molecule has 0 spiro atoms. The number of Topliss-reactive ketones (excluding diaryl/α,β-unsaturated/α-hetero) is 1. The second-order valence-electron chi connectivity index (χ2n) is 7.44. The Morgan fingerprint density at radius 1 is 0.967 bits per heavy atom. The summed E-state index contributed by atoms with van der Waals surface area (Å²) in [5.74, 6) is 0.413. The highest BCUT2D eigenvalue weighted by Gasteiger charge is 2.16.